The van der Waals surface area contributed by atoms with Gasteiger partial charge < -0.3 is 10.6 Å². The summed E-state index contributed by atoms with van der Waals surface area (Å²) in [4.78, 5) is 14.5. The molecule has 3 atom stereocenters. The minimum Gasteiger partial charge on any atom is -0.339 e. The monoisotopic (exact) mass is 260 g/mol. The van der Waals surface area contributed by atoms with Gasteiger partial charge in [-0.25, -0.2) is 0 Å². The van der Waals surface area contributed by atoms with Crippen molar-refractivity contribution in [3.8, 4) is 0 Å². The first kappa shape index (κ1) is 14.1. The van der Waals surface area contributed by atoms with Crippen LogP contribution in [0.3, 0.4) is 0 Å². The molecule has 0 bridgehead atoms. The van der Waals surface area contributed by atoms with Gasteiger partial charge >= 0.3 is 0 Å². The minimum atomic E-state index is 0.118. The van der Waals surface area contributed by atoms with Crippen LogP contribution in [0.2, 0.25) is 0 Å². The summed E-state index contributed by atoms with van der Waals surface area (Å²) >= 11 is 0. The van der Waals surface area contributed by atoms with Crippen molar-refractivity contribution in [1.82, 2.24) is 4.90 Å². The highest BCUT2D eigenvalue weighted by molar-refractivity contribution is 5.79. The van der Waals surface area contributed by atoms with Crippen molar-refractivity contribution in [2.75, 3.05) is 13.6 Å². The molecule has 104 valence electrons. The Kier molecular flexibility index (Phi) is 4.59. The van der Waals surface area contributed by atoms with Crippen molar-refractivity contribution >= 4 is 5.91 Å². The lowest BCUT2D eigenvalue weighted by Crippen LogP contribution is -2.38. The Labute approximate surface area is 115 Å². The van der Waals surface area contributed by atoms with Crippen molar-refractivity contribution in [3.63, 3.8) is 0 Å². The molecule has 0 aromatic heterocycles. The summed E-state index contributed by atoms with van der Waals surface area (Å²) in [5.74, 6) is 0.753. The number of hydrogen-bond acceptors (Lipinski definition) is 2. The van der Waals surface area contributed by atoms with Crippen LogP contribution in [0.5, 0.6) is 0 Å². The van der Waals surface area contributed by atoms with Crippen molar-refractivity contribution in [3.05, 3.63) is 35.9 Å². The van der Waals surface area contributed by atoms with Gasteiger partial charge in [0.1, 0.15) is 0 Å². The van der Waals surface area contributed by atoms with Crippen LogP contribution in [0.4, 0.5) is 0 Å². The predicted octanol–water partition coefficient (Wildman–Crippen LogP) is 2.58. The fraction of sp³-hybridized carbons (Fsp3) is 0.562. The number of rotatable bonds is 4. The molecule has 3 unspecified atom stereocenters. The number of carbonyl (C=O) groups excluding carboxylic acids is 1. The van der Waals surface area contributed by atoms with Gasteiger partial charge in [-0.3, -0.25) is 4.79 Å². The molecule has 3 nitrogen and oxygen atoms in total. The Bertz CT molecular complexity index is 418. The molecule has 1 aliphatic carbocycles. The predicted molar refractivity (Wildman–Crippen MR) is 77.5 cm³/mol. The van der Waals surface area contributed by atoms with Gasteiger partial charge in [-0.2, -0.15) is 0 Å². The second-order valence-electron chi connectivity index (χ2n) is 5.57. The standard InChI is InChI=1S/C16H24N2O/c1-12(13-7-4-3-5-8-13)18(2)16(19)15-10-6-9-14(15)11-17/h3-5,7-8,12,14-15H,6,9-11,17H2,1-2H3. The number of amides is 1. The molecule has 1 amide bonds. The van der Waals surface area contributed by atoms with E-state index in [2.05, 4.69) is 19.1 Å². The van der Waals surface area contributed by atoms with Gasteiger partial charge in [-0.1, -0.05) is 36.8 Å². The summed E-state index contributed by atoms with van der Waals surface area (Å²) in [7, 11) is 1.91. The molecule has 1 aromatic carbocycles. The lowest BCUT2D eigenvalue weighted by Gasteiger charge is -2.30. The van der Waals surface area contributed by atoms with E-state index >= 15 is 0 Å². The molecule has 0 spiro atoms. The van der Waals surface area contributed by atoms with E-state index in [1.165, 1.54) is 5.56 Å². The SMILES string of the molecule is CC(c1ccccc1)N(C)C(=O)C1CCCC1CN. The molecular formula is C16H24N2O. The fourth-order valence-corrected chi connectivity index (χ4v) is 3.05. The maximum atomic E-state index is 12.6. The summed E-state index contributed by atoms with van der Waals surface area (Å²) in [6, 6.07) is 10.3. The van der Waals surface area contributed by atoms with Gasteiger partial charge in [0.2, 0.25) is 5.91 Å². The Morgan fingerprint density at radius 3 is 2.68 bits per heavy atom. The first-order valence-electron chi connectivity index (χ1n) is 7.16. The van der Waals surface area contributed by atoms with Crippen LogP contribution >= 0.6 is 0 Å². The van der Waals surface area contributed by atoms with E-state index < -0.39 is 0 Å². The topological polar surface area (TPSA) is 46.3 Å². The average molecular weight is 260 g/mol. The zero-order valence-corrected chi connectivity index (χ0v) is 11.9. The number of nitrogens with zero attached hydrogens (tertiary/aromatic N) is 1. The maximum absolute atomic E-state index is 12.6. The van der Waals surface area contributed by atoms with Gasteiger partial charge in [0.25, 0.3) is 0 Å². The summed E-state index contributed by atoms with van der Waals surface area (Å²) in [6.07, 6.45) is 3.22. The molecule has 1 aliphatic rings. The Morgan fingerprint density at radius 1 is 1.37 bits per heavy atom. The molecule has 1 saturated carbocycles. The van der Waals surface area contributed by atoms with Gasteiger partial charge in [-0.15, -0.1) is 0 Å². The molecule has 2 N–H and O–H groups in total. The highest BCUT2D eigenvalue weighted by Gasteiger charge is 2.34. The number of benzene rings is 1. The zero-order chi connectivity index (χ0) is 13.8. The molecule has 1 aromatic rings. The highest BCUT2D eigenvalue weighted by Crippen LogP contribution is 2.33. The van der Waals surface area contributed by atoms with Crippen molar-refractivity contribution in [2.24, 2.45) is 17.6 Å². The molecule has 0 aliphatic heterocycles. The number of nitrogens with two attached hydrogens (primary N) is 1. The van der Waals surface area contributed by atoms with Gasteiger partial charge in [0, 0.05) is 13.0 Å². The Hall–Kier alpha value is -1.35. The van der Waals surface area contributed by atoms with Crippen molar-refractivity contribution in [1.29, 1.82) is 0 Å². The third-order valence-corrected chi connectivity index (χ3v) is 4.49. The molecule has 1 fully saturated rings. The van der Waals surface area contributed by atoms with E-state index in [-0.39, 0.29) is 17.9 Å². The Morgan fingerprint density at radius 2 is 2.05 bits per heavy atom. The molecule has 0 radical (unpaired) electrons. The normalized spacial score (nSPS) is 24.2. The summed E-state index contributed by atoms with van der Waals surface area (Å²) in [5.41, 5.74) is 6.96. The molecule has 0 saturated heterocycles. The highest BCUT2D eigenvalue weighted by atomic mass is 16.2. The van der Waals surface area contributed by atoms with Crippen LogP contribution in [-0.2, 0) is 4.79 Å². The van der Waals surface area contributed by atoms with Crippen molar-refractivity contribution < 1.29 is 4.79 Å². The number of carbonyl (C=O) groups is 1. The van der Waals surface area contributed by atoms with Gasteiger partial charge in [-0.05, 0) is 37.8 Å². The van der Waals surface area contributed by atoms with Crippen LogP contribution < -0.4 is 5.73 Å². The molecule has 19 heavy (non-hydrogen) atoms. The quantitative estimate of drug-likeness (QED) is 0.904. The summed E-state index contributed by atoms with van der Waals surface area (Å²) in [5, 5.41) is 0. The molecule has 0 heterocycles. The Balaban J connectivity index is 2.06. The average Bonchev–Trinajstić information content (AvgIpc) is 2.94. The maximum Gasteiger partial charge on any atom is 0.226 e. The second kappa shape index (κ2) is 6.20. The fourth-order valence-electron chi connectivity index (χ4n) is 3.05. The van der Waals surface area contributed by atoms with Crippen LogP contribution in [-0.4, -0.2) is 24.4 Å². The lowest BCUT2D eigenvalue weighted by molar-refractivity contribution is -0.137. The van der Waals surface area contributed by atoms with E-state index in [1.807, 2.05) is 30.1 Å². The van der Waals surface area contributed by atoms with Crippen molar-refractivity contribution in [2.45, 2.75) is 32.2 Å². The van der Waals surface area contributed by atoms with Crippen LogP contribution in [0.1, 0.15) is 37.8 Å². The third kappa shape index (κ3) is 2.98. The molecular weight excluding hydrogens is 236 g/mol. The third-order valence-electron chi connectivity index (χ3n) is 4.49. The van der Waals surface area contributed by atoms with Crippen LogP contribution in [0.15, 0.2) is 30.3 Å². The van der Waals surface area contributed by atoms with E-state index in [4.69, 9.17) is 5.73 Å². The summed E-state index contributed by atoms with van der Waals surface area (Å²) in [6.45, 7) is 2.71. The van der Waals surface area contributed by atoms with E-state index in [1.54, 1.807) is 0 Å². The summed E-state index contributed by atoms with van der Waals surface area (Å²) < 4.78 is 0. The smallest absolute Gasteiger partial charge is 0.226 e. The minimum absolute atomic E-state index is 0.118. The second-order valence-corrected chi connectivity index (χ2v) is 5.57. The van der Waals surface area contributed by atoms with Gasteiger partial charge in [0.05, 0.1) is 6.04 Å². The largest absolute Gasteiger partial charge is 0.339 e. The zero-order valence-electron chi connectivity index (χ0n) is 11.9. The van der Waals surface area contributed by atoms with E-state index in [9.17, 15) is 4.79 Å². The number of hydrogen-bond donors (Lipinski definition) is 1. The lowest BCUT2D eigenvalue weighted by atomic mass is 9.94. The molecule has 3 heteroatoms. The van der Waals surface area contributed by atoms with Crippen LogP contribution in [0.25, 0.3) is 0 Å². The first-order chi connectivity index (χ1) is 9.15. The van der Waals surface area contributed by atoms with Crippen LogP contribution in [0, 0.1) is 11.8 Å². The van der Waals surface area contributed by atoms with Gasteiger partial charge in [0.15, 0.2) is 0 Å². The van der Waals surface area contributed by atoms with E-state index in [0.717, 1.165) is 19.3 Å². The molecule has 2 rings (SSSR count). The van der Waals surface area contributed by atoms with E-state index in [0.29, 0.717) is 12.5 Å². The first-order valence-corrected chi connectivity index (χ1v) is 7.16.